The first kappa shape index (κ1) is 21.6. The summed E-state index contributed by atoms with van der Waals surface area (Å²) in [6, 6.07) is 36.0. The maximum absolute atomic E-state index is 5.14. The van der Waals surface area contributed by atoms with E-state index in [1.807, 2.05) is 12.1 Å². The minimum absolute atomic E-state index is 0.308. The molecule has 0 amide bonds. The number of benzene rings is 4. The maximum atomic E-state index is 5.14. The lowest BCUT2D eigenvalue weighted by Crippen LogP contribution is -2.04. The number of allylic oxidation sites excluding steroid dienone is 1. The summed E-state index contributed by atoms with van der Waals surface area (Å²) in [7, 11) is 0. The van der Waals surface area contributed by atoms with Crippen molar-refractivity contribution in [2.24, 2.45) is 0 Å². The van der Waals surface area contributed by atoms with Crippen LogP contribution in [0.1, 0.15) is 29.8 Å². The summed E-state index contributed by atoms with van der Waals surface area (Å²) >= 11 is 0. The van der Waals surface area contributed by atoms with Gasteiger partial charge < -0.3 is 0 Å². The Labute approximate surface area is 216 Å². The topological polar surface area (TPSA) is 35.6 Å². The second-order valence-corrected chi connectivity index (χ2v) is 9.71. The van der Waals surface area contributed by atoms with Gasteiger partial charge in [0.05, 0.1) is 22.4 Å². The van der Waals surface area contributed by atoms with Crippen LogP contribution in [0.3, 0.4) is 0 Å². The third-order valence-electron chi connectivity index (χ3n) is 7.10. The van der Waals surface area contributed by atoms with Crippen LogP contribution in [0.5, 0.6) is 0 Å². The highest BCUT2D eigenvalue weighted by Crippen LogP contribution is 2.38. The Bertz CT molecular complexity index is 1790. The first-order valence-electron chi connectivity index (χ1n) is 12.7. The fourth-order valence-corrected chi connectivity index (χ4v) is 5.47. The lowest BCUT2D eigenvalue weighted by molar-refractivity contribution is 0.869. The van der Waals surface area contributed by atoms with E-state index in [2.05, 4.69) is 126 Å². The summed E-state index contributed by atoms with van der Waals surface area (Å²) in [5.41, 5.74) is 9.90. The molecule has 4 heteroatoms. The van der Waals surface area contributed by atoms with Gasteiger partial charge in [-0.05, 0) is 73.2 Å². The number of hydrogen-bond acceptors (Lipinski definition) is 2. The van der Waals surface area contributed by atoms with Crippen molar-refractivity contribution >= 4 is 17.1 Å². The van der Waals surface area contributed by atoms with Gasteiger partial charge in [0, 0.05) is 28.4 Å². The standard InChI is InChI=1S/C33H26N4/c1-22-19-24(32-34-28-15-9-10-16-30(28)36(32)26-11-5-3-6-12-26)21-25(20-22)33-35-29-18-17-23(2)31(29)37(33)27-13-7-4-8-14-27/h3-21,23H,1-2H3/t23-/m1/s1. The van der Waals surface area contributed by atoms with E-state index in [-0.39, 0.29) is 0 Å². The van der Waals surface area contributed by atoms with Gasteiger partial charge in [0.25, 0.3) is 0 Å². The van der Waals surface area contributed by atoms with Crippen LogP contribution >= 0.6 is 0 Å². The van der Waals surface area contributed by atoms with Gasteiger partial charge in [-0.25, -0.2) is 9.97 Å². The lowest BCUT2D eigenvalue weighted by Gasteiger charge is -2.15. The van der Waals surface area contributed by atoms with E-state index in [1.165, 1.54) is 11.3 Å². The van der Waals surface area contributed by atoms with E-state index in [0.717, 1.165) is 50.9 Å². The van der Waals surface area contributed by atoms with Crippen molar-refractivity contribution in [1.29, 1.82) is 0 Å². The third-order valence-corrected chi connectivity index (χ3v) is 7.10. The van der Waals surface area contributed by atoms with Crippen molar-refractivity contribution in [3.05, 3.63) is 126 Å². The van der Waals surface area contributed by atoms with E-state index in [9.17, 15) is 0 Å². The quantitative estimate of drug-likeness (QED) is 0.257. The van der Waals surface area contributed by atoms with Crippen molar-refractivity contribution in [1.82, 2.24) is 19.1 Å². The number of rotatable bonds is 4. The molecule has 2 aromatic heterocycles. The predicted octanol–water partition coefficient (Wildman–Crippen LogP) is 7.98. The predicted molar refractivity (Wildman–Crippen MR) is 151 cm³/mol. The number of para-hydroxylation sites is 4. The summed E-state index contributed by atoms with van der Waals surface area (Å²) < 4.78 is 4.57. The largest absolute Gasteiger partial charge is 0.296 e. The van der Waals surface area contributed by atoms with Crippen molar-refractivity contribution in [2.75, 3.05) is 0 Å². The minimum Gasteiger partial charge on any atom is -0.296 e. The van der Waals surface area contributed by atoms with Crippen LogP contribution in [0, 0.1) is 6.92 Å². The molecule has 0 saturated carbocycles. The molecule has 0 N–H and O–H groups in total. The lowest BCUT2D eigenvalue weighted by atomic mass is 10.0. The average Bonchev–Trinajstić information content (AvgIpc) is 3.62. The van der Waals surface area contributed by atoms with Crippen LogP contribution in [0.2, 0.25) is 0 Å². The smallest absolute Gasteiger partial charge is 0.145 e. The fourth-order valence-electron chi connectivity index (χ4n) is 5.47. The number of fused-ring (bicyclic) bond motifs is 2. The zero-order chi connectivity index (χ0) is 24.9. The van der Waals surface area contributed by atoms with Crippen molar-refractivity contribution in [2.45, 2.75) is 19.8 Å². The summed E-state index contributed by atoms with van der Waals surface area (Å²) in [5, 5.41) is 0. The molecule has 1 atom stereocenters. The molecule has 4 nitrogen and oxygen atoms in total. The molecule has 0 saturated heterocycles. The SMILES string of the molecule is Cc1cc(-c2nc3c(n2-c2ccccc2)[C@H](C)C=C3)cc(-c2nc3ccccc3n2-c2ccccc2)c1. The second kappa shape index (κ2) is 8.45. The van der Waals surface area contributed by atoms with Crippen LogP contribution in [0.15, 0.2) is 109 Å². The molecule has 1 aliphatic carbocycles. The number of aryl methyl sites for hydroxylation is 1. The molecule has 0 spiro atoms. The summed E-state index contributed by atoms with van der Waals surface area (Å²) in [5.74, 6) is 2.19. The Morgan fingerprint density at radius 1 is 0.649 bits per heavy atom. The number of hydrogen-bond donors (Lipinski definition) is 0. The highest BCUT2D eigenvalue weighted by Gasteiger charge is 2.25. The van der Waals surface area contributed by atoms with Gasteiger partial charge in [0.1, 0.15) is 11.6 Å². The zero-order valence-corrected chi connectivity index (χ0v) is 20.8. The van der Waals surface area contributed by atoms with Gasteiger partial charge in [-0.1, -0.05) is 61.5 Å². The Hall–Kier alpha value is -4.70. The normalized spacial score (nSPS) is 14.4. The van der Waals surface area contributed by atoms with Gasteiger partial charge in [0.2, 0.25) is 0 Å². The van der Waals surface area contributed by atoms with Gasteiger partial charge >= 0.3 is 0 Å². The van der Waals surface area contributed by atoms with E-state index >= 15 is 0 Å². The van der Waals surface area contributed by atoms with Crippen LogP contribution < -0.4 is 0 Å². The van der Waals surface area contributed by atoms with Gasteiger partial charge in [-0.3, -0.25) is 9.13 Å². The fraction of sp³-hybridized carbons (Fsp3) is 0.0909. The van der Waals surface area contributed by atoms with Gasteiger partial charge in [0.15, 0.2) is 0 Å². The molecule has 7 rings (SSSR count). The number of imidazole rings is 2. The van der Waals surface area contributed by atoms with Gasteiger partial charge in [-0.2, -0.15) is 0 Å². The Morgan fingerprint density at radius 3 is 1.95 bits per heavy atom. The zero-order valence-electron chi connectivity index (χ0n) is 20.8. The van der Waals surface area contributed by atoms with E-state index < -0.39 is 0 Å². The monoisotopic (exact) mass is 478 g/mol. The van der Waals surface area contributed by atoms with Crippen LogP contribution in [-0.4, -0.2) is 19.1 Å². The summed E-state index contributed by atoms with van der Waals surface area (Å²) in [6.07, 6.45) is 4.37. The molecule has 1 aliphatic rings. The second-order valence-electron chi connectivity index (χ2n) is 9.71. The molecular weight excluding hydrogens is 452 g/mol. The summed E-state index contributed by atoms with van der Waals surface area (Å²) in [4.78, 5) is 10.2. The molecule has 2 heterocycles. The maximum Gasteiger partial charge on any atom is 0.145 e. The van der Waals surface area contributed by atoms with Gasteiger partial charge in [-0.15, -0.1) is 0 Å². The van der Waals surface area contributed by atoms with Crippen LogP contribution in [-0.2, 0) is 0 Å². The van der Waals surface area contributed by atoms with E-state index in [1.54, 1.807) is 0 Å². The first-order valence-corrected chi connectivity index (χ1v) is 12.7. The van der Waals surface area contributed by atoms with Crippen LogP contribution in [0.4, 0.5) is 0 Å². The Kier molecular flexibility index (Phi) is 4.93. The molecular formula is C33H26N4. The summed E-state index contributed by atoms with van der Waals surface area (Å²) in [6.45, 7) is 4.38. The number of aromatic nitrogens is 4. The number of nitrogens with zero attached hydrogens (tertiary/aromatic N) is 4. The molecule has 4 aromatic carbocycles. The van der Waals surface area contributed by atoms with Crippen LogP contribution in [0.25, 0.3) is 51.3 Å². The minimum atomic E-state index is 0.308. The first-order chi connectivity index (χ1) is 18.2. The highest BCUT2D eigenvalue weighted by molar-refractivity contribution is 5.84. The highest BCUT2D eigenvalue weighted by atomic mass is 15.1. The molecule has 0 radical (unpaired) electrons. The molecule has 0 unspecified atom stereocenters. The molecule has 178 valence electrons. The molecule has 6 aromatic rings. The average molecular weight is 479 g/mol. The molecule has 0 fully saturated rings. The van der Waals surface area contributed by atoms with Crippen molar-refractivity contribution in [3.8, 4) is 34.2 Å². The van der Waals surface area contributed by atoms with Crippen molar-refractivity contribution < 1.29 is 0 Å². The Balaban J connectivity index is 1.47. The van der Waals surface area contributed by atoms with E-state index in [4.69, 9.17) is 9.97 Å². The molecule has 0 aliphatic heterocycles. The molecule has 37 heavy (non-hydrogen) atoms. The third kappa shape index (κ3) is 3.53. The van der Waals surface area contributed by atoms with Crippen molar-refractivity contribution in [3.63, 3.8) is 0 Å². The Morgan fingerprint density at radius 2 is 1.24 bits per heavy atom. The molecule has 0 bridgehead atoms. The van der Waals surface area contributed by atoms with E-state index in [0.29, 0.717) is 5.92 Å².